The van der Waals surface area contributed by atoms with Crippen LogP contribution < -0.4 is 5.73 Å². The van der Waals surface area contributed by atoms with Gasteiger partial charge in [-0.05, 0) is 43.1 Å². The Hall–Kier alpha value is -0.0400. The third-order valence-corrected chi connectivity index (χ3v) is 3.07. The van der Waals surface area contributed by atoms with Gasteiger partial charge in [-0.15, -0.1) is 0 Å². The molecule has 0 amide bonds. The molecule has 2 aliphatic carbocycles. The van der Waals surface area contributed by atoms with E-state index in [4.69, 9.17) is 5.73 Å². The number of hydrogen-bond donors (Lipinski definition) is 1. The Bertz CT molecular complexity index is 121. The minimum absolute atomic E-state index is 0.535. The summed E-state index contributed by atoms with van der Waals surface area (Å²) in [4.78, 5) is 0. The first-order valence-electron chi connectivity index (χ1n) is 3.94. The lowest BCUT2D eigenvalue weighted by molar-refractivity contribution is 0.311. The predicted molar refractivity (Wildman–Crippen MR) is 38.0 cm³/mol. The van der Waals surface area contributed by atoms with Crippen LogP contribution in [0.15, 0.2) is 0 Å². The van der Waals surface area contributed by atoms with E-state index in [0.717, 1.165) is 18.4 Å². The van der Waals surface area contributed by atoms with Gasteiger partial charge in [0.25, 0.3) is 0 Å². The maximum atomic E-state index is 5.65. The van der Waals surface area contributed by atoms with Crippen LogP contribution in [0, 0.1) is 17.3 Å². The van der Waals surface area contributed by atoms with E-state index in [9.17, 15) is 0 Å². The molecule has 0 aliphatic heterocycles. The molecule has 0 bridgehead atoms. The predicted octanol–water partition coefficient (Wildman–Crippen LogP) is 1.38. The molecular formula is C8H15N. The highest BCUT2D eigenvalue weighted by Crippen LogP contribution is 2.59. The lowest BCUT2D eigenvalue weighted by Crippen LogP contribution is -2.24. The summed E-state index contributed by atoms with van der Waals surface area (Å²) in [5.41, 5.74) is 6.19. The first-order valence-corrected chi connectivity index (χ1v) is 3.94. The molecule has 2 rings (SSSR count). The second-order valence-electron chi connectivity index (χ2n) is 4.18. The number of fused-ring (bicyclic) bond motifs is 1. The summed E-state index contributed by atoms with van der Waals surface area (Å²) >= 11 is 0. The summed E-state index contributed by atoms with van der Waals surface area (Å²) in [5, 5.41) is 0. The molecule has 0 radical (unpaired) electrons. The van der Waals surface area contributed by atoms with E-state index in [1.54, 1.807) is 0 Å². The summed E-state index contributed by atoms with van der Waals surface area (Å²) in [7, 11) is 0. The van der Waals surface area contributed by atoms with Crippen LogP contribution >= 0.6 is 0 Å². The van der Waals surface area contributed by atoms with Gasteiger partial charge in [-0.1, -0.05) is 6.92 Å². The van der Waals surface area contributed by atoms with Gasteiger partial charge in [0.05, 0.1) is 0 Å². The molecular weight excluding hydrogens is 110 g/mol. The van der Waals surface area contributed by atoms with Crippen molar-refractivity contribution in [3.8, 4) is 0 Å². The minimum atomic E-state index is 0.535. The van der Waals surface area contributed by atoms with E-state index in [1.807, 2.05) is 0 Å². The monoisotopic (exact) mass is 125 g/mol. The highest BCUT2D eigenvalue weighted by molar-refractivity contribution is 5.01. The molecule has 0 aromatic heterocycles. The van der Waals surface area contributed by atoms with Crippen molar-refractivity contribution in [1.29, 1.82) is 0 Å². The van der Waals surface area contributed by atoms with Gasteiger partial charge in [-0.2, -0.15) is 0 Å². The van der Waals surface area contributed by atoms with Crippen molar-refractivity contribution >= 4 is 0 Å². The standard InChI is InChI=1S/C8H15N/c1-8(5-9)3-6-2-7(6)4-8/h6-7H,2-5,9H2,1H3/t6-,7-/m1/s1. The van der Waals surface area contributed by atoms with E-state index in [2.05, 4.69) is 6.92 Å². The molecule has 2 atom stereocenters. The number of hydrogen-bond acceptors (Lipinski definition) is 1. The molecule has 2 N–H and O–H groups in total. The van der Waals surface area contributed by atoms with Gasteiger partial charge in [-0.25, -0.2) is 0 Å². The van der Waals surface area contributed by atoms with Crippen LogP contribution in [0.4, 0.5) is 0 Å². The van der Waals surface area contributed by atoms with Gasteiger partial charge >= 0.3 is 0 Å². The zero-order valence-corrected chi connectivity index (χ0v) is 6.06. The van der Waals surface area contributed by atoms with Crippen molar-refractivity contribution in [3.63, 3.8) is 0 Å². The van der Waals surface area contributed by atoms with Crippen molar-refractivity contribution in [1.82, 2.24) is 0 Å². The fourth-order valence-corrected chi connectivity index (χ4v) is 2.33. The van der Waals surface area contributed by atoms with E-state index >= 15 is 0 Å². The molecule has 9 heavy (non-hydrogen) atoms. The number of nitrogens with two attached hydrogens (primary N) is 1. The first-order chi connectivity index (χ1) is 4.23. The Morgan fingerprint density at radius 3 is 2.33 bits per heavy atom. The Labute approximate surface area is 56.6 Å². The van der Waals surface area contributed by atoms with E-state index in [-0.39, 0.29) is 0 Å². The van der Waals surface area contributed by atoms with E-state index in [0.29, 0.717) is 5.41 Å². The third-order valence-electron chi connectivity index (χ3n) is 3.07. The fraction of sp³-hybridized carbons (Fsp3) is 1.00. The molecule has 1 heteroatoms. The van der Waals surface area contributed by atoms with Crippen LogP contribution in [0.5, 0.6) is 0 Å². The Morgan fingerprint density at radius 1 is 1.44 bits per heavy atom. The summed E-state index contributed by atoms with van der Waals surface area (Å²) in [5.74, 6) is 2.16. The molecule has 0 spiro atoms. The van der Waals surface area contributed by atoms with Crippen molar-refractivity contribution in [3.05, 3.63) is 0 Å². The maximum Gasteiger partial charge on any atom is -0.00230 e. The Morgan fingerprint density at radius 2 is 2.00 bits per heavy atom. The third kappa shape index (κ3) is 0.787. The zero-order chi connectivity index (χ0) is 6.48. The Kier molecular flexibility index (Phi) is 0.963. The molecule has 0 aromatic rings. The highest BCUT2D eigenvalue weighted by atomic mass is 14.7. The SMILES string of the molecule is CC1(CN)C[C@H]2C[C@@H]2C1. The summed E-state index contributed by atoms with van der Waals surface area (Å²) in [6, 6.07) is 0. The Balaban J connectivity index is 2.02. The van der Waals surface area contributed by atoms with E-state index in [1.165, 1.54) is 19.3 Å². The van der Waals surface area contributed by atoms with Gasteiger partial charge in [0.1, 0.15) is 0 Å². The van der Waals surface area contributed by atoms with Crippen LogP contribution in [-0.4, -0.2) is 6.54 Å². The lowest BCUT2D eigenvalue weighted by Gasteiger charge is -2.22. The average molecular weight is 125 g/mol. The summed E-state index contributed by atoms with van der Waals surface area (Å²) in [6.07, 6.45) is 4.33. The molecule has 0 aromatic carbocycles. The molecule has 2 saturated carbocycles. The smallest absolute Gasteiger partial charge is 0.00230 e. The van der Waals surface area contributed by atoms with Crippen molar-refractivity contribution in [2.75, 3.05) is 6.54 Å². The summed E-state index contributed by atoms with van der Waals surface area (Å²) < 4.78 is 0. The van der Waals surface area contributed by atoms with Crippen LogP contribution in [-0.2, 0) is 0 Å². The largest absolute Gasteiger partial charge is 0.330 e. The van der Waals surface area contributed by atoms with Crippen molar-refractivity contribution in [2.24, 2.45) is 23.0 Å². The first kappa shape index (κ1) is 5.72. The quantitative estimate of drug-likeness (QED) is 0.563. The van der Waals surface area contributed by atoms with Gasteiger partial charge in [0.15, 0.2) is 0 Å². The van der Waals surface area contributed by atoms with Gasteiger partial charge in [-0.3, -0.25) is 0 Å². The average Bonchev–Trinajstić information content (AvgIpc) is 2.42. The highest BCUT2D eigenvalue weighted by Gasteiger charge is 2.50. The normalized spacial score (nSPS) is 44.7. The second-order valence-corrected chi connectivity index (χ2v) is 4.18. The van der Waals surface area contributed by atoms with Crippen LogP contribution in [0.25, 0.3) is 0 Å². The molecule has 2 aliphatic rings. The van der Waals surface area contributed by atoms with Crippen LogP contribution in [0.3, 0.4) is 0 Å². The second kappa shape index (κ2) is 1.51. The van der Waals surface area contributed by atoms with Crippen molar-refractivity contribution in [2.45, 2.75) is 26.2 Å². The molecule has 0 heterocycles. The molecule has 1 nitrogen and oxygen atoms in total. The van der Waals surface area contributed by atoms with E-state index < -0.39 is 0 Å². The van der Waals surface area contributed by atoms with Gasteiger partial charge in [0, 0.05) is 0 Å². The molecule has 0 unspecified atom stereocenters. The van der Waals surface area contributed by atoms with Crippen LogP contribution in [0.1, 0.15) is 26.2 Å². The van der Waals surface area contributed by atoms with Crippen LogP contribution in [0.2, 0.25) is 0 Å². The van der Waals surface area contributed by atoms with Gasteiger partial charge < -0.3 is 5.73 Å². The lowest BCUT2D eigenvalue weighted by atomic mass is 9.86. The zero-order valence-electron chi connectivity index (χ0n) is 6.06. The molecule has 2 fully saturated rings. The fourth-order valence-electron chi connectivity index (χ4n) is 2.33. The maximum absolute atomic E-state index is 5.65. The molecule has 52 valence electrons. The minimum Gasteiger partial charge on any atom is -0.330 e. The van der Waals surface area contributed by atoms with Crippen molar-refractivity contribution < 1.29 is 0 Å². The molecule has 0 saturated heterocycles. The summed E-state index contributed by atoms with van der Waals surface area (Å²) in [6.45, 7) is 3.24. The topological polar surface area (TPSA) is 26.0 Å². The number of rotatable bonds is 1. The van der Waals surface area contributed by atoms with Gasteiger partial charge in [0.2, 0.25) is 0 Å².